The molecule has 0 saturated heterocycles. The van der Waals surface area contributed by atoms with Crippen LogP contribution in [-0.2, 0) is 21.8 Å². The SMILES string of the molecule is COCCN(Cc1ccccn1)C(=O)CSCc1ccc(OC)c([N+](=O)[O-])c1. The molecule has 150 valence electrons. The van der Waals surface area contributed by atoms with Crippen molar-refractivity contribution >= 4 is 23.4 Å². The zero-order valence-electron chi connectivity index (χ0n) is 15.9. The number of pyridine rings is 1. The second-order valence-corrected chi connectivity index (χ2v) is 6.87. The van der Waals surface area contributed by atoms with Gasteiger partial charge in [0, 0.05) is 31.7 Å². The molecule has 1 aromatic carbocycles. The monoisotopic (exact) mass is 405 g/mol. The number of nitro groups is 1. The van der Waals surface area contributed by atoms with Crippen molar-refractivity contribution in [3.63, 3.8) is 0 Å². The lowest BCUT2D eigenvalue weighted by Crippen LogP contribution is -2.35. The van der Waals surface area contributed by atoms with Crippen LogP contribution in [0.3, 0.4) is 0 Å². The summed E-state index contributed by atoms with van der Waals surface area (Å²) >= 11 is 1.40. The fourth-order valence-electron chi connectivity index (χ4n) is 2.50. The third-order valence-electron chi connectivity index (χ3n) is 3.93. The minimum Gasteiger partial charge on any atom is -0.490 e. The highest BCUT2D eigenvalue weighted by Crippen LogP contribution is 2.29. The Hall–Kier alpha value is -2.65. The van der Waals surface area contributed by atoms with Crippen molar-refractivity contribution in [2.45, 2.75) is 12.3 Å². The van der Waals surface area contributed by atoms with Gasteiger partial charge in [-0.1, -0.05) is 12.1 Å². The van der Waals surface area contributed by atoms with Crippen LogP contribution in [0.2, 0.25) is 0 Å². The first-order valence-electron chi connectivity index (χ1n) is 8.60. The van der Waals surface area contributed by atoms with Crippen LogP contribution < -0.4 is 4.74 Å². The van der Waals surface area contributed by atoms with Crippen LogP contribution in [0, 0.1) is 10.1 Å². The summed E-state index contributed by atoms with van der Waals surface area (Å²) in [7, 11) is 2.99. The third-order valence-corrected chi connectivity index (χ3v) is 4.92. The van der Waals surface area contributed by atoms with E-state index in [1.165, 1.54) is 24.9 Å². The molecule has 0 spiro atoms. The van der Waals surface area contributed by atoms with E-state index in [2.05, 4.69) is 4.98 Å². The Kier molecular flexibility index (Phi) is 8.70. The van der Waals surface area contributed by atoms with Crippen LogP contribution in [0.1, 0.15) is 11.3 Å². The number of aromatic nitrogens is 1. The average Bonchev–Trinajstić information content (AvgIpc) is 2.71. The molecule has 0 bridgehead atoms. The molecule has 8 nitrogen and oxygen atoms in total. The number of rotatable bonds is 11. The van der Waals surface area contributed by atoms with Gasteiger partial charge in [0.05, 0.1) is 36.6 Å². The van der Waals surface area contributed by atoms with E-state index in [1.54, 1.807) is 30.3 Å². The molecule has 1 aromatic heterocycles. The van der Waals surface area contributed by atoms with Crippen molar-refractivity contribution in [2.75, 3.05) is 33.1 Å². The average molecular weight is 405 g/mol. The van der Waals surface area contributed by atoms with Crippen LogP contribution in [0.15, 0.2) is 42.6 Å². The van der Waals surface area contributed by atoms with Crippen LogP contribution in [-0.4, -0.2) is 53.8 Å². The van der Waals surface area contributed by atoms with E-state index in [1.807, 2.05) is 18.2 Å². The van der Waals surface area contributed by atoms with Gasteiger partial charge in [-0.15, -0.1) is 11.8 Å². The predicted octanol–water partition coefficient (Wildman–Crippen LogP) is 2.91. The van der Waals surface area contributed by atoms with Crippen LogP contribution >= 0.6 is 11.8 Å². The summed E-state index contributed by atoms with van der Waals surface area (Å²) in [6.07, 6.45) is 1.69. The smallest absolute Gasteiger partial charge is 0.311 e. The molecule has 0 unspecified atom stereocenters. The first-order chi connectivity index (χ1) is 13.5. The molecule has 0 fully saturated rings. The van der Waals surface area contributed by atoms with Crippen molar-refractivity contribution in [3.05, 3.63) is 64.0 Å². The Morgan fingerprint density at radius 3 is 2.75 bits per heavy atom. The first kappa shape index (κ1) is 21.6. The summed E-state index contributed by atoms with van der Waals surface area (Å²) < 4.78 is 10.1. The van der Waals surface area contributed by atoms with E-state index in [0.29, 0.717) is 25.4 Å². The van der Waals surface area contributed by atoms with Gasteiger partial charge < -0.3 is 14.4 Å². The van der Waals surface area contributed by atoms with Gasteiger partial charge in [-0.05, 0) is 23.8 Å². The van der Waals surface area contributed by atoms with Gasteiger partial charge in [0.1, 0.15) is 0 Å². The predicted molar refractivity (Wildman–Crippen MR) is 107 cm³/mol. The maximum atomic E-state index is 12.6. The van der Waals surface area contributed by atoms with Gasteiger partial charge in [0.15, 0.2) is 5.75 Å². The molecule has 1 amide bonds. The molecule has 0 radical (unpaired) electrons. The van der Waals surface area contributed by atoms with E-state index < -0.39 is 4.92 Å². The maximum Gasteiger partial charge on any atom is 0.311 e. The number of hydrogen-bond acceptors (Lipinski definition) is 7. The minimum atomic E-state index is -0.475. The normalized spacial score (nSPS) is 10.5. The molecule has 2 aromatic rings. The highest BCUT2D eigenvalue weighted by molar-refractivity contribution is 7.99. The van der Waals surface area contributed by atoms with Gasteiger partial charge >= 0.3 is 5.69 Å². The zero-order valence-corrected chi connectivity index (χ0v) is 16.7. The third kappa shape index (κ3) is 6.50. The molecule has 0 atom stereocenters. The number of methoxy groups -OCH3 is 2. The fraction of sp³-hybridized carbons (Fsp3) is 0.368. The summed E-state index contributed by atoms with van der Waals surface area (Å²) in [5, 5.41) is 11.1. The van der Waals surface area contributed by atoms with Crippen molar-refractivity contribution in [2.24, 2.45) is 0 Å². The second-order valence-electron chi connectivity index (χ2n) is 5.89. The van der Waals surface area contributed by atoms with Gasteiger partial charge in [-0.3, -0.25) is 19.9 Å². The van der Waals surface area contributed by atoms with E-state index in [-0.39, 0.29) is 23.1 Å². The van der Waals surface area contributed by atoms with Gasteiger partial charge in [-0.25, -0.2) is 0 Å². The topological polar surface area (TPSA) is 94.8 Å². The lowest BCUT2D eigenvalue weighted by Gasteiger charge is -2.22. The molecule has 0 N–H and O–H groups in total. The Labute approximate surface area is 168 Å². The quantitative estimate of drug-likeness (QED) is 0.419. The van der Waals surface area contributed by atoms with Gasteiger partial charge in [-0.2, -0.15) is 0 Å². The first-order valence-corrected chi connectivity index (χ1v) is 9.76. The van der Waals surface area contributed by atoms with E-state index >= 15 is 0 Å². The zero-order chi connectivity index (χ0) is 20.4. The summed E-state index contributed by atoms with van der Waals surface area (Å²) in [5.41, 5.74) is 1.49. The number of benzene rings is 1. The number of hydrogen-bond donors (Lipinski definition) is 0. The molecule has 1 heterocycles. The lowest BCUT2D eigenvalue weighted by atomic mass is 10.2. The number of nitro benzene ring substituents is 1. The Balaban J connectivity index is 1.94. The Morgan fingerprint density at radius 1 is 1.29 bits per heavy atom. The molecule has 9 heteroatoms. The number of carbonyl (C=O) groups excluding carboxylic acids is 1. The molecule has 0 aliphatic rings. The maximum absolute atomic E-state index is 12.6. The van der Waals surface area contributed by atoms with Crippen molar-refractivity contribution in [3.8, 4) is 5.75 Å². The van der Waals surface area contributed by atoms with E-state index in [0.717, 1.165) is 11.3 Å². The molecule has 2 rings (SSSR count). The van der Waals surface area contributed by atoms with E-state index in [4.69, 9.17) is 9.47 Å². The standard InChI is InChI=1S/C19H23N3O5S/c1-26-10-9-21(12-16-5-3-4-8-20-16)19(23)14-28-13-15-6-7-18(27-2)17(11-15)22(24)25/h3-8,11H,9-10,12-14H2,1-2H3. The highest BCUT2D eigenvalue weighted by Gasteiger charge is 2.17. The van der Waals surface area contributed by atoms with Gasteiger partial charge in [0.2, 0.25) is 5.91 Å². The van der Waals surface area contributed by atoms with Gasteiger partial charge in [0.25, 0.3) is 0 Å². The number of ether oxygens (including phenoxy) is 2. The van der Waals surface area contributed by atoms with Crippen LogP contribution in [0.5, 0.6) is 5.75 Å². The lowest BCUT2D eigenvalue weighted by molar-refractivity contribution is -0.385. The minimum absolute atomic E-state index is 0.0317. The second kappa shape index (κ2) is 11.3. The van der Waals surface area contributed by atoms with E-state index in [9.17, 15) is 14.9 Å². The number of thioether (sulfide) groups is 1. The number of amides is 1. The van der Waals surface area contributed by atoms with Crippen LogP contribution in [0.25, 0.3) is 0 Å². The van der Waals surface area contributed by atoms with Crippen molar-refractivity contribution in [1.29, 1.82) is 0 Å². The highest BCUT2D eigenvalue weighted by atomic mass is 32.2. The molecular formula is C19H23N3O5S. The molecule has 28 heavy (non-hydrogen) atoms. The van der Waals surface area contributed by atoms with Crippen LogP contribution in [0.4, 0.5) is 5.69 Å². The van der Waals surface area contributed by atoms with Crippen molar-refractivity contribution < 1.29 is 19.2 Å². The Morgan fingerprint density at radius 2 is 2.11 bits per heavy atom. The molecule has 0 aliphatic carbocycles. The summed E-state index contributed by atoms with van der Waals surface area (Å²) in [6.45, 7) is 1.33. The molecule has 0 saturated carbocycles. The fourth-order valence-corrected chi connectivity index (χ4v) is 3.37. The van der Waals surface area contributed by atoms with Crippen molar-refractivity contribution in [1.82, 2.24) is 9.88 Å². The number of carbonyl (C=O) groups is 1. The summed E-state index contributed by atoms with van der Waals surface area (Å²) in [5.74, 6) is 0.931. The number of nitrogens with zero attached hydrogens (tertiary/aromatic N) is 3. The molecular weight excluding hydrogens is 382 g/mol. The largest absolute Gasteiger partial charge is 0.490 e. The summed E-state index contributed by atoms with van der Waals surface area (Å²) in [4.78, 5) is 29.2. The summed E-state index contributed by atoms with van der Waals surface area (Å²) in [6, 6.07) is 10.4. The molecule has 0 aliphatic heterocycles. The Bertz CT molecular complexity index is 788.